The minimum absolute atomic E-state index is 0.0504. The zero-order valence-electron chi connectivity index (χ0n) is 25.4. The lowest BCUT2D eigenvalue weighted by Gasteiger charge is -2.44. The van der Waals surface area contributed by atoms with Gasteiger partial charge in [0.25, 0.3) is 5.56 Å². The molecule has 10 nitrogen and oxygen atoms in total. The molecular formula is C33H37ClN6O4. The summed E-state index contributed by atoms with van der Waals surface area (Å²) >= 11 is 6.74. The van der Waals surface area contributed by atoms with Crippen LogP contribution in [0.1, 0.15) is 20.3 Å². The number of methoxy groups -OCH3 is 2. The summed E-state index contributed by atoms with van der Waals surface area (Å²) in [5.41, 5.74) is 2.01. The van der Waals surface area contributed by atoms with Crippen LogP contribution in [0.25, 0.3) is 22.2 Å². The molecule has 0 spiro atoms. The summed E-state index contributed by atoms with van der Waals surface area (Å²) in [6.45, 7) is 10.3. The molecular weight excluding hydrogens is 580 g/mol. The van der Waals surface area contributed by atoms with E-state index in [1.807, 2.05) is 35.2 Å². The first-order valence-corrected chi connectivity index (χ1v) is 14.9. The van der Waals surface area contributed by atoms with Gasteiger partial charge in [-0.2, -0.15) is 4.98 Å². The van der Waals surface area contributed by atoms with Gasteiger partial charge in [0.2, 0.25) is 11.9 Å². The Kier molecular flexibility index (Phi) is 9.51. The van der Waals surface area contributed by atoms with Crippen molar-refractivity contribution < 1.29 is 14.3 Å². The van der Waals surface area contributed by atoms with Crippen molar-refractivity contribution in [3.05, 3.63) is 82.8 Å². The first-order valence-electron chi connectivity index (χ1n) is 14.6. The van der Waals surface area contributed by atoms with Gasteiger partial charge in [0.15, 0.2) is 0 Å². The SMILES string of the molecule is C=CC(=O)N1CC(C)N(CCCn2c(=O)c(-c3cc(OC)cc(OC)c3Cl)cc3cnc(Nc4ccccc4)nc32)C(C)C1. The average molecular weight is 617 g/mol. The number of pyridine rings is 1. The van der Waals surface area contributed by atoms with Crippen LogP contribution in [0.5, 0.6) is 11.5 Å². The minimum Gasteiger partial charge on any atom is -0.497 e. The van der Waals surface area contributed by atoms with Crippen LogP contribution in [-0.2, 0) is 11.3 Å². The number of anilines is 2. The number of nitrogens with zero attached hydrogens (tertiary/aromatic N) is 5. The number of amides is 1. The second-order valence-corrected chi connectivity index (χ2v) is 11.3. The molecule has 1 amide bonds. The van der Waals surface area contributed by atoms with Gasteiger partial charge in [-0.15, -0.1) is 0 Å². The Balaban J connectivity index is 1.52. The number of halogens is 1. The summed E-state index contributed by atoms with van der Waals surface area (Å²) in [5, 5.41) is 4.23. The molecule has 0 radical (unpaired) electrons. The lowest BCUT2D eigenvalue weighted by Crippen LogP contribution is -2.58. The normalized spacial score (nSPS) is 17.0. The number of carbonyl (C=O) groups excluding carboxylic acids is 1. The van der Waals surface area contributed by atoms with Crippen LogP contribution in [0.2, 0.25) is 5.02 Å². The fraction of sp³-hybridized carbons (Fsp3) is 0.333. The Bertz CT molecular complexity index is 1720. The molecule has 1 N–H and O–H groups in total. The molecule has 5 rings (SSSR count). The molecule has 1 fully saturated rings. The van der Waals surface area contributed by atoms with Crippen molar-refractivity contribution in [2.75, 3.05) is 39.2 Å². The smallest absolute Gasteiger partial charge is 0.260 e. The van der Waals surface area contributed by atoms with E-state index < -0.39 is 0 Å². The number of piperazine rings is 1. The second-order valence-electron chi connectivity index (χ2n) is 10.9. The molecule has 2 atom stereocenters. The second kappa shape index (κ2) is 13.5. The summed E-state index contributed by atoms with van der Waals surface area (Å²) in [7, 11) is 3.07. The number of ether oxygens (including phenoxy) is 2. The third-order valence-corrected chi connectivity index (χ3v) is 8.39. The van der Waals surface area contributed by atoms with Crippen LogP contribution in [0.15, 0.2) is 72.2 Å². The topological polar surface area (TPSA) is 102 Å². The molecule has 0 bridgehead atoms. The van der Waals surface area contributed by atoms with Crippen molar-refractivity contribution in [1.82, 2.24) is 24.3 Å². The number of carbonyl (C=O) groups is 1. The number of para-hydroxylation sites is 1. The van der Waals surface area contributed by atoms with E-state index in [9.17, 15) is 9.59 Å². The van der Waals surface area contributed by atoms with Gasteiger partial charge in [-0.1, -0.05) is 36.4 Å². The molecule has 0 aliphatic carbocycles. The lowest BCUT2D eigenvalue weighted by atomic mass is 10.0. The van der Waals surface area contributed by atoms with Crippen LogP contribution in [0, 0.1) is 0 Å². The number of aromatic nitrogens is 3. The molecule has 2 aromatic heterocycles. The highest BCUT2D eigenvalue weighted by Gasteiger charge is 2.30. The van der Waals surface area contributed by atoms with Gasteiger partial charge in [-0.25, -0.2) is 4.98 Å². The summed E-state index contributed by atoms with van der Waals surface area (Å²) in [6.07, 6.45) is 3.76. The van der Waals surface area contributed by atoms with Gasteiger partial charge >= 0.3 is 0 Å². The predicted octanol–water partition coefficient (Wildman–Crippen LogP) is 5.37. The number of fused-ring (bicyclic) bond motifs is 1. The van der Waals surface area contributed by atoms with Gasteiger partial charge in [0, 0.05) is 72.7 Å². The average Bonchev–Trinajstić information content (AvgIpc) is 3.03. The molecule has 44 heavy (non-hydrogen) atoms. The summed E-state index contributed by atoms with van der Waals surface area (Å²) in [6, 6.07) is 15.1. The third kappa shape index (κ3) is 6.41. The number of nitrogens with one attached hydrogen (secondary N) is 1. The Labute approximate surface area is 261 Å². The van der Waals surface area contributed by atoms with Gasteiger partial charge in [0.05, 0.1) is 19.2 Å². The van der Waals surface area contributed by atoms with Crippen LogP contribution in [-0.4, -0.2) is 76.2 Å². The molecule has 0 saturated carbocycles. The van der Waals surface area contributed by atoms with Crippen molar-refractivity contribution >= 4 is 40.2 Å². The highest BCUT2D eigenvalue weighted by Crippen LogP contribution is 2.38. The zero-order chi connectivity index (χ0) is 31.4. The largest absolute Gasteiger partial charge is 0.497 e. The number of hydrogen-bond acceptors (Lipinski definition) is 8. The van der Waals surface area contributed by atoms with E-state index in [4.69, 9.17) is 26.1 Å². The van der Waals surface area contributed by atoms with Crippen molar-refractivity contribution in [2.24, 2.45) is 0 Å². The molecule has 1 aliphatic rings. The molecule has 1 saturated heterocycles. The van der Waals surface area contributed by atoms with Gasteiger partial charge in [-0.05, 0) is 50.6 Å². The molecule has 4 aromatic rings. The van der Waals surface area contributed by atoms with Crippen LogP contribution < -0.4 is 20.3 Å². The van der Waals surface area contributed by atoms with E-state index in [0.717, 1.165) is 12.2 Å². The fourth-order valence-corrected chi connectivity index (χ4v) is 6.11. The summed E-state index contributed by atoms with van der Waals surface area (Å²) < 4.78 is 12.6. The number of hydrogen-bond donors (Lipinski definition) is 1. The van der Waals surface area contributed by atoms with E-state index in [2.05, 4.69) is 35.6 Å². The summed E-state index contributed by atoms with van der Waals surface area (Å²) in [4.78, 5) is 40.0. The number of aryl methyl sites for hydroxylation is 1. The molecule has 230 valence electrons. The van der Waals surface area contributed by atoms with Gasteiger partial charge < -0.3 is 19.7 Å². The number of rotatable bonds is 10. The van der Waals surface area contributed by atoms with E-state index >= 15 is 0 Å². The quantitative estimate of drug-likeness (QED) is 0.237. The van der Waals surface area contributed by atoms with Crippen molar-refractivity contribution in [1.29, 1.82) is 0 Å². The highest BCUT2D eigenvalue weighted by atomic mass is 35.5. The zero-order valence-corrected chi connectivity index (χ0v) is 26.2. The maximum absolute atomic E-state index is 14.2. The highest BCUT2D eigenvalue weighted by molar-refractivity contribution is 6.35. The third-order valence-electron chi connectivity index (χ3n) is 8.00. The van der Waals surface area contributed by atoms with E-state index in [-0.39, 0.29) is 23.6 Å². The molecule has 2 aromatic carbocycles. The van der Waals surface area contributed by atoms with Crippen molar-refractivity contribution in [3.63, 3.8) is 0 Å². The van der Waals surface area contributed by atoms with Crippen LogP contribution >= 0.6 is 11.6 Å². The molecule has 1 aliphatic heterocycles. The van der Waals surface area contributed by atoms with Crippen LogP contribution in [0.3, 0.4) is 0 Å². The Morgan fingerprint density at radius 3 is 2.45 bits per heavy atom. The Morgan fingerprint density at radius 1 is 1.07 bits per heavy atom. The molecule has 2 unspecified atom stereocenters. The lowest BCUT2D eigenvalue weighted by molar-refractivity contribution is -0.130. The standard InChI is InChI=1S/C33H37ClN6O4/c1-6-29(41)38-19-21(2)39(22(3)20-38)13-10-14-40-31-23(18-35-33(37-31)36-24-11-8-7-9-12-24)15-27(32(40)42)26-16-25(43-4)17-28(44-5)30(26)34/h6-9,11-12,15-18,21-22H,1,10,13-14,19-20H2,2-5H3,(H,35,36,37). The monoisotopic (exact) mass is 616 g/mol. The minimum atomic E-state index is -0.235. The molecule has 3 heterocycles. The molecule has 11 heteroatoms. The van der Waals surface area contributed by atoms with E-state index in [1.165, 1.54) is 13.2 Å². The first kappa shape index (κ1) is 31.0. The van der Waals surface area contributed by atoms with Gasteiger partial charge in [0.1, 0.15) is 17.1 Å². The van der Waals surface area contributed by atoms with Crippen molar-refractivity contribution in [3.8, 4) is 22.6 Å². The maximum Gasteiger partial charge on any atom is 0.260 e. The Hall–Kier alpha value is -4.41. The first-order chi connectivity index (χ1) is 21.2. The number of benzene rings is 2. The predicted molar refractivity (Wildman–Crippen MR) is 174 cm³/mol. The van der Waals surface area contributed by atoms with Crippen LogP contribution in [0.4, 0.5) is 11.6 Å². The van der Waals surface area contributed by atoms with E-state index in [0.29, 0.717) is 70.7 Å². The Morgan fingerprint density at radius 2 is 1.80 bits per heavy atom. The van der Waals surface area contributed by atoms with Crippen molar-refractivity contribution in [2.45, 2.75) is 38.9 Å². The summed E-state index contributed by atoms with van der Waals surface area (Å²) in [5.74, 6) is 1.26. The fourth-order valence-electron chi connectivity index (χ4n) is 5.82. The van der Waals surface area contributed by atoms with E-state index in [1.54, 1.807) is 36.1 Å². The maximum atomic E-state index is 14.2. The van der Waals surface area contributed by atoms with Gasteiger partial charge in [-0.3, -0.25) is 19.1 Å².